The number of carbonyl (C=O) groups excluding carboxylic acids is 1. The van der Waals surface area contributed by atoms with E-state index in [0.717, 1.165) is 5.56 Å². The van der Waals surface area contributed by atoms with E-state index in [1.807, 2.05) is 6.92 Å². The van der Waals surface area contributed by atoms with Crippen LogP contribution in [0.3, 0.4) is 0 Å². The van der Waals surface area contributed by atoms with Gasteiger partial charge < -0.3 is 0 Å². The van der Waals surface area contributed by atoms with E-state index in [1.165, 1.54) is 23.5 Å². The summed E-state index contributed by atoms with van der Waals surface area (Å²) in [5.41, 5.74) is 1.58. The average molecular weight is 269 g/mol. The molecule has 0 fully saturated rings. The zero-order valence-electron chi connectivity index (χ0n) is 9.17. The van der Waals surface area contributed by atoms with Gasteiger partial charge in [-0.05, 0) is 36.2 Å². The SMILES string of the molecule is Cc1cc(C(=O)Cc2cccc(F)c2)sc1Cl. The van der Waals surface area contributed by atoms with Crippen molar-refractivity contribution >= 4 is 28.7 Å². The number of halogens is 2. The summed E-state index contributed by atoms with van der Waals surface area (Å²) in [6.07, 6.45) is 0.202. The predicted molar refractivity (Wildman–Crippen MR) is 68.5 cm³/mol. The van der Waals surface area contributed by atoms with Crippen molar-refractivity contribution in [3.63, 3.8) is 0 Å². The molecule has 0 aliphatic heterocycles. The van der Waals surface area contributed by atoms with Gasteiger partial charge in [0, 0.05) is 6.42 Å². The van der Waals surface area contributed by atoms with Crippen LogP contribution in [0.2, 0.25) is 4.34 Å². The molecular weight excluding hydrogens is 259 g/mol. The van der Waals surface area contributed by atoms with Gasteiger partial charge in [-0.3, -0.25) is 4.79 Å². The Morgan fingerprint density at radius 1 is 1.41 bits per heavy atom. The van der Waals surface area contributed by atoms with E-state index in [4.69, 9.17) is 11.6 Å². The van der Waals surface area contributed by atoms with Gasteiger partial charge in [0.25, 0.3) is 0 Å². The molecule has 4 heteroatoms. The van der Waals surface area contributed by atoms with Crippen LogP contribution in [0.5, 0.6) is 0 Å². The Morgan fingerprint density at radius 3 is 2.76 bits per heavy atom. The molecule has 1 heterocycles. The lowest BCUT2D eigenvalue weighted by atomic mass is 10.1. The van der Waals surface area contributed by atoms with Crippen molar-refractivity contribution in [3.05, 3.63) is 56.5 Å². The lowest BCUT2D eigenvalue weighted by molar-refractivity contribution is 0.0997. The Balaban J connectivity index is 2.17. The zero-order valence-corrected chi connectivity index (χ0v) is 10.7. The summed E-state index contributed by atoms with van der Waals surface area (Å²) in [4.78, 5) is 12.5. The van der Waals surface area contributed by atoms with Crippen LogP contribution in [-0.4, -0.2) is 5.78 Å². The van der Waals surface area contributed by atoms with Gasteiger partial charge in [-0.25, -0.2) is 4.39 Å². The fraction of sp³-hybridized carbons (Fsp3) is 0.154. The Labute approximate surface area is 108 Å². The maximum absolute atomic E-state index is 13.0. The Bertz CT molecular complexity index is 543. The first-order chi connectivity index (χ1) is 8.06. The number of hydrogen-bond acceptors (Lipinski definition) is 2. The van der Waals surface area contributed by atoms with Crippen molar-refractivity contribution in [2.24, 2.45) is 0 Å². The fourth-order valence-corrected chi connectivity index (χ4v) is 2.66. The molecular formula is C13H10ClFOS. The van der Waals surface area contributed by atoms with Gasteiger partial charge >= 0.3 is 0 Å². The third kappa shape index (κ3) is 2.93. The Morgan fingerprint density at radius 2 is 2.18 bits per heavy atom. The van der Waals surface area contributed by atoms with E-state index in [0.29, 0.717) is 14.8 Å². The highest BCUT2D eigenvalue weighted by Crippen LogP contribution is 2.27. The minimum absolute atomic E-state index is 0.0319. The van der Waals surface area contributed by atoms with Gasteiger partial charge in [0.05, 0.1) is 9.21 Å². The van der Waals surface area contributed by atoms with Crippen molar-refractivity contribution in [2.45, 2.75) is 13.3 Å². The Kier molecular flexibility index (Phi) is 3.60. The molecule has 0 N–H and O–H groups in total. The van der Waals surface area contributed by atoms with Gasteiger partial charge in [-0.2, -0.15) is 0 Å². The van der Waals surface area contributed by atoms with Crippen molar-refractivity contribution in [1.82, 2.24) is 0 Å². The molecule has 1 nitrogen and oxygen atoms in total. The van der Waals surface area contributed by atoms with Crippen LogP contribution in [-0.2, 0) is 6.42 Å². The summed E-state index contributed by atoms with van der Waals surface area (Å²) in [6, 6.07) is 7.85. The lowest BCUT2D eigenvalue weighted by Crippen LogP contribution is -2.01. The van der Waals surface area contributed by atoms with Crippen LogP contribution in [0.4, 0.5) is 4.39 Å². The largest absolute Gasteiger partial charge is 0.293 e. The number of benzene rings is 1. The maximum Gasteiger partial charge on any atom is 0.177 e. The molecule has 0 aliphatic rings. The summed E-state index contributed by atoms with van der Waals surface area (Å²) in [5, 5.41) is 0. The van der Waals surface area contributed by atoms with Crippen molar-refractivity contribution < 1.29 is 9.18 Å². The minimum Gasteiger partial charge on any atom is -0.293 e. The van der Waals surface area contributed by atoms with Crippen molar-refractivity contribution in [3.8, 4) is 0 Å². The second kappa shape index (κ2) is 4.98. The van der Waals surface area contributed by atoms with Gasteiger partial charge in [-0.15, -0.1) is 11.3 Å². The second-order valence-corrected chi connectivity index (χ2v) is 5.45. The molecule has 0 spiro atoms. The molecule has 0 saturated carbocycles. The van der Waals surface area contributed by atoms with E-state index in [2.05, 4.69) is 0 Å². The molecule has 0 bridgehead atoms. The first kappa shape index (κ1) is 12.3. The molecule has 0 aliphatic carbocycles. The zero-order chi connectivity index (χ0) is 12.4. The van der Waals surface area contributed by atoms with Gasteiger partial charge in [0.2, 0.25) is 0 Å². The maximum atomic E-state index is 13.0. The molecule has 0 atom stereocenters. The highest BCUT2D eigenvalue weighted by atomic mass is 35.5. The second-order valence-electron chi connectivity index (χ2n) is 3.80. The summed E-state index contributed by atoms with van der Waals surface area (Å²) in [7, 11) is 0. The summed E-state index contributed by atoms with van der Waals surface area (Å²) < 4.78 is 13.6. The predicted octanol–water partition coefficient (Wildman–Crippen LogP) is 4.27. The third-order valence-electron chi connectivity index (χ3n) is 2.39. The molecule has 0 saturated heterocycles. The lowest BCUT2D eigenvalue weighted by Gasteiger charge is -1.99. The monoisotopic (exact) mass is 268 g/mol. The number of Topliss-reactive ketones (excluding diaryl/α,β-unsaturated/α-hetero) is 1. The highest BCUT2D eigenvalue weighted by molar-refractivity contribution is 7.18. The third-order valence-corrected chi connectivity index (χ3v) is 3.98. The Hall–Kier alpha value is -1.19. The first-order valence-electron chi connectivity index (χ1n) is 5.10. The van der Waals surface area contributed by atoms with Crippen LogP contribution in [0, 0.1) is 12.7 Å². The molecule has 0 amide bonds. The number of carbonyl (C=O) groups is 1. The smallest absolute Gasteiger partial charge is 0.177 e. The van der Waals surface area contributed by atoms with E-state index in [1.54, 1.807) is 18.2 Å². The first-order valence-corrected chi connectivity index (χ1v) is 6.29. The van der Waals surface area contributed by atoms with Crippen molar-refractivity contribution in [1.29, 1.82) is 0 Å². The van der Waals surface area contributed by atoms with Crippen LogP contribution in [0.15, 0.2) is 30.3 Å². The van der Waals surface area contributed by atoms with Crippen LogP contribution in [0.1, 0.15) is 20.8 Å². The van der Waals surface area contributed by atoms with E-state index in [-0.39, 0.29) is 18.0 Å². The molecule has 17 heavy (non-hydrogen) atoms. The highest BCUT2D eigenvalue weighted by Gasteiger charge is 2.12. The summed E-state index contributed by atoms with van der Waals surface area (Å²) in [6.45, 7) is 1.86. The number of aryl methyl sites for hydroxylation is 1. The normalized spacial score (nSPS) is 10.5. The number of rotatable bonds is 3. The van der Waals surface area contributed by atoms with Gasteiger partial charge in [-0.1, -0.05) is 23.7 Å². The number of ketones is 1. The topological polar surface area (TPSA) is 17.1 Å². The summed E-state index contributed by atoms with van der Waals surface area (Å²) in [5.74, 6) is -0.355. The van der Waals surface area contributed by atoms with Crippen LogP contribution >= 0.6 is 22.9 Å². The number of hydrogen-bond donors (Lipinski definition) is 0. The van der Waals surface area contributed by atoms with Crippen molar-refractivity contribution in [2.75, 3.05) is 0 Å². The standard InChI is InChI=1S/C13H10ClFOS/c1-8-5-12(17-13(8)14)11(16)7-9-3-2-4-10(15)6-9/h2-6H,7H2,1H3. The molecule has 1 aromatic carbocycles. The van der Waals surface area contributed by atoms with E-state index >= 15 is 0 Å². The molecule has 0 radical (unpaired) electrons. The van der Waals surface area contributed by atoms with E-state index < -0.39 is 0 Å². The average Bonchev–Trinajstić information content (AvgIpc) is 2.59. The molecule has 88 valence electrons. The van der Waals surface area contributed by atoms with Crippen LogP contribution < -0.4 is 0 Å². The van der Waals surface area contributed by atoms with Crippen LogP contribution in [0.25, 0.3) is 0 Å². The summed E-state index contributed by atoms with van der Waals surface area (Å²) >= 11 is 7.18. The fourth-order valence-electron chi connectivity index (χ4n) is 1.52. The molecule has 2 rings (SSSR count). The van der Waals surface area contributed by atoms with Gasteiger partial charge in [0.1, 0.15) is 5.82 Å². The minimum atomic E-state index is -0.323. The number of thiophene rings is 1. The quantitative estimate of drug-likeness (QED) is 0.760. The molecule has 1 aromatic heterocycles. The van der Waals surface area contributed by atoms with Gasteiger partial charge in [0.15, 0.2) is 5.78 Å². The molecule has 0 unspecified atom stereocenters. The molecule has 2 aromatic rings. The van der Waals surface area contributed by atoms with E-state index in [9.17, 15) is 9.18 Å².